The maximum absolute atomic E-state index is 11.2. The zero-order chi connectivity index (χ0) is 8.97. The number of ketones is 1. The average molecular weight is 164 g/mol. The second-order valence-corrected chi connectivity index (χ2v) is 3.50. The fourth-order valence-electron chi connectivity index (χ4n) is 1.98. The molecular formula is C11H16O. The lowest BCUT2D eigenvalue weighted by atomic mass is 9.78. The molecule has 66 valence electrons. The molecule has 0 aromatic heterocycles. The summed E-state index contributed by atoms with van der Waals surface area (Å²) in [4.78, 5) is 11.2. The van der Waals surface area contributed by atoms with Crippen LogP contribution in [-0.2, 0) is 4.79 Å². The Balaban J connectivity index is 2.64. The van der Waals surface area contributed by atoms with Gasteiger partial charge in [-0.15, -0.1) is 5.92 Å². The van der Waals surface area contributed by atoms with E-state index in [1.54, 1.807) is 6.92 Å². The molecule has 1 aliphatic carbocycles. The molecule has 0 aromatic rings. The van der Waals surface area contributed by atoms with Crippen LogP contribution in [-0.4, -0.2) is 5.78 Å². The van der Waals surface area contributed by atoms with E-state index in [0.717, 1.165) is 12.8 Å². The maximum atomic E-state index is 11.2. The van der Waals surface area contributed by atoms with Crippen LogP contribution in [0.4, 0.5) is 0 Å². The lowest BCUT2D eigenvalue weighted by Crippen LogP contribution is -2.24. The third-order valence-electron chi connectivity index (χ3n) is 2.62. The standard InChI is InChI=1S/C11H16O/c1-3-6-10-7-4-5-8-11(10)9(2)12/h10-11H,4-5,7-8H2,1-2H3/t10-,11+/m1/s1. The van der Waals surface area contributed by atoms with Gasteiger partial charge >= 0.3 is 0 Å². The second kappa shape index (κ2) is 4.30. The van der Waals surface area contributed by atoms with Gasteiger partial charge in [0.2, 0.25) is 0 Å². The molecule has 0 saturated heterocycles. The summed E-state index contributed by atoms with van der Waals surface area (Å²) in [5, 5.41) is 0. The molecule has 0 N–H and O–H groups in total. The van der Waals surface area contributed by atoms with Gasteiger partial charge in [0, 0.05) is 11.8 Å². The predicted octanol–water partition coefficient (Wildman–Crippen LogP) is 2.41. The van der Waals surface area contributed by atoms with E-state index in [1.165, 1.54) is 12.8 Å². The van der Waals surface area contributed by atoms with Crippen LogP contribution < -0.4 is 0 Å². The number of rotatable bonds is 1. The summed E-state index contributed by atoms with van der Waals surface area (Å²) in [5.74, 6) is 6.96. The van der Waals surface area contributed by atoms with Crippen molar-refractivity contribution in [1.82, 2.24) is 0 Å². The van der Waals surface area contributed by atoms with Crippen LogP contribution in [0, 0.1) is 23.7 Å². The molecule has 0 radical (unpaired) electrons. The summed E-state index contributed by atoms with van der Waals surface area (Å²) in [5.41, 5.74) is 0. The van der Waals surface area contributed by atoms with E-state index in [9.17, 15) is 4.79 Å². The van der Waals surface area contributed by atoms with Gasteiger partial charge in [0.05, 0.1) is 0 Å². The van der Waals surface area contributed by atoms with Gasteiger partial charge in [-0.3, -0.25) is 4.79 Å². The van der Waals surface area contributed by atoms with Gasteiger partial charge in [0.1, 0.15) is 5.78 Å². The van der Waals surface area contributed by atoms with E-state index in [4.69, 9.17) is 0 Å². The van der Waals surface area contributed by atoms with E-state index in [1.807, 2.05) is 6.92 Å². The van der Waals surface area contributed by atoms with Crippen LogP contribution in [0.15, 0.2) is 0 Å². The Labute approximate surface area is 74.5 Å². The number of carbonyl (C=O) groups is 1. The van der Waals surface area contributed by atoms with E-state index >= 15 is 0 Å². The Hall–Kier alpha value is -0.770. The molecule has 1 aliphatic rings. The first kappa shape index (κ1) is 9.32. The van der Waals surface area contributed by atoms with E-state index in [-0.39, 0.29) is 5.92 Å². The number of hydrogen-bond acceptors (Lipinski definition) is 1. The molecular weight excluding hydrogens is 148 g/mol. The third-order valence-corrected chi connectivity index (χ3v) is 2.62. The highest BCUT2D eigenvalue weighted by molar-refractivity contribution is 5.79. The van der Waals surface area contributed by atoms with Crippen molar-refractivity contribution in [1.29, 1.82) is 0 Å². The summed E-state index contributed by atoms with van der Waals surface area (Å²) in [6.07, 6.45) is 4.61. The molecule has 0 bridgehead atoms. The third kappa shape index (κ3) is 2.11. The molecule has 0 amide bonds. The predicted molar refractivity (Wildman–Crippen MR) is 49.6 cm³/mol. The van der Waals surface area contributed by atoms with Gasteiger partial charge < -0.3 is 0 Å². The highest BCUT2D eigenvalue weighted by atomic mass is 16.1. The summed E-state index contributed by atoms with van der Waals surface area (Å²) in [7, 11) is 0. The van der Waals surface area contributed by atoms with Crippen molar-refractivity contribution in [2.45, 2.75) is 39.5 Å². The van der Waals surface area contributed by atoms with Gasteiger partial charge in [0.25, 0.3) is 0 Å². The average Bonchev–Trinajstić information content (AvgIpc) is 2.05. The summed E-state index contributed by atoms with van der Waals surface area (Å²) in [6.45, 7) is 3.55. The van der Waals surface area contributed by atoms with Gasteiger partial charge in [-0.05, 0) is 26.7 Å². The first-order chi connectivity index (χ1) is 5.75. The van der Waals surface area contributed by atoms with Crippen LogP contribution >= 0.6 is 0 Å². The minimum absolute atomic E-state index is 0.228. The minimum atomic E-state index is 0.228. The van der Waals surface area contributed by atoms with Crippen molar-refractivity contribution in [3.05, 3.63) is 0 Å². The quantitative estimate of drug-likeness (QED) is 0.544. The molecule has 1 fully saturated rings. The molecule has 2 atom stereocenters. The molecule has 0 unspecified atom stereocenters. The van der Waals surface area contributed by atoms with Crippen molar-refractivity contribution in [3.8, 4) is 11.8 Å². The van der Waals surface area contributed by atoms with Crippen LogP contribution in [0.3, 0.4) is 0 Å². The molecule has 1 heteroatoms. The van der Waals surface area contributed by atoms with Crippen LogP contribution in [0.5, 0.6) is 0 Å². The Bertz CT molecular complexity index is 219. The zero-order valence-corrected chi connectivity index (χ0v) is 7.89. The first-order valence-corrected chi connectivity index (χ1v) is 4.68. The number of carbonyl (C=O) groups excluding carboxylic acids is 1. The lowest BCUT2D eigenvalue weighted by molar-refractivity contribution is -0.122. The summed E-state index contributed by atoms with van der Waals surface area (Å²) in [6, 6.07) is 0. The van der Waals surface area contributed by atoms with Crippen molar-refractivity contribution < 1.29 is 4.79 Å². The highest BCUT2D eigenvalue weighted by Gasteiger charge is 2.26. The molecule has 12 heavy (non-hydrogen) atoms. The van der Waals surface area contributed by atoms with Crippen molar-refractivity contribution in [2.24, 2.45) is 11.8 Å². The van der Waals surface area contributed by atoms with Crippen molar-refractivity contribution >= 4 is 5.78 Å². The van der Waals surface area contributed by atoms with E-state index in [0.29, 0.717) is 11.7 Å². The van der Waals surface area contributed by atoms with E-state index < -0.39 is 0 Å². The van der Waals surface area contributed by atoms with Gasteiger partial charge in [-0.25, -0.2) is 0 Å². The smallest absolute Gasteiger partial charge is 0.134 e. The molecule has 1 nitrogen and oxygen atoms in total. The second-order valence-electron chi connectivity index (χ2n) is 3.50. The van der Waals surface area contributed by atoms with Crippen LogP contribution in [0.1, 0.15) is 39.5 Å². The topological polar surface area (TPSA) is 17.1 Å². The molecule has 0 spiro atoms. The molecule has 1 saturated carbocycles. The van der Waals surface area contributed by atoms with E-state index in [2.05, 4.69) is 11.8 Å². The first-order valence-electron chi connectivity index (χ1n) is 4.68. The monoisotopic (exact) mass is 164 g/mol. The zero-order valence-electron chi connectivity index (χ0n) is 7.89. The largest absolute Gasteiger partial charge is 0.300 e. The fraction of sp³-hybridized carbons (Fsp3) is 0.727. The Morgan fingerprint density at radius 3 is 2.58 bits per heavy atom. The van der Waals surface area contributed by atoms with Crippen LogP contribution in [0.2, 0.25) is 0 Å². The Morgan fingerprint density at radius 1 is 1.33 bits per heavy atom. The lowest BCUT2D eigenvalue weighted by Gasteiger charge is -2.25. The van der Waals surface area contributed by atoms with Gasteiger partial charge in [-0.1, -0.05) is 18.8 Å². The fourth-order valence-corrected chi connectivity index (χ4v) is 1.98. The molecule has 0 aliphatic heterocycles. The molecule has 1 rings (SSSR count). The summed E-state index contributed by atoms with van der Waals surface area (Å²) < 4.78 is 0. The molecule has 0 aromatic carbocycles. The number of hydrogen-bond donors (Lipinski definition) is 0. The Kier molecular flexibility index (Phi) is 3.34. The maximum Gasteiger partial charge on any atom is 0.134 e. The van der Waals surface area contributed by atoms with Crippen molar-refractivity contribution in [3.63, 3.8) is 0 Å². The molecule has 0 heterocycles. The Morgan fingerprint density at radius 2 is 2.00 bits per heavy atom. The summed E-state index contributed by atoms with van der Waals surface area (Å²) >= 11 is 0. The van der Waals surface area contributed by atoms with Gasteiger partial charge in [-0.2, -0.15) is 0 Å². The SMILES string of the molecule is CC#C[C@@H]1CCCC[C@H]1C(C)=O. The van der Waals surface area contributed by atoms with Crippen molar-refractivity contribution in [2.75, 3.05) is 0 Å². The van der Waals surface area contributed by atoms with Gasteiger partial charge in [0.15, 0.2) is 0 Å². The van der Waals surface area contributed by atoms with Crippen LogP contribution in [0.25, 0.3) is 0 Å². The normalized spacial score (nSPS) is 28.8. The highest BCUT2D eigenvalue weighted by Crippen LogP contribution is 2.29. The number of Topliss-reactive ketones (excluding diaryl/α,β-unsaturated/α-hetero) is 1. The minimum Gasteiger partial charge on any atom is -0.300 e.